The molecule has 1 atom stereocenters. The summed E-state index contributed by atoms with van der Waals surface area (Å²) in [4.78, 5) is 14.2. The van der Waals surface area contributed by atoms with Crippen LogP contribution in [0.4, 0.5) is 0 Å². The van der Waals surface area contributed by atoms with Crippen LogP contribution in [0.3, 0.4) is 0 Å². The standard InChI is InChI=1S/C18H26N2O2/c1-13(2)20(11-14(3)21)18(22)10-9-15-12-19(4)17-8-6-5-7-16(15)17/h5-8,12-14,21H,9-11H2,1-4H3. The minimum absolute atomic E-state index is 0.101. The Bertz CT molecular complexity index is 644. The van der Waals surface area contributed by atoms with Crippen molar-refractivity contribution in [3.8, 4) is 0 Å². The van der Waals surface area contributed by atoms with Crippen LogP contribution in [0.5, 0.6) is 0 Å². The number of carbonyl (C=O) groups excluding carboxylic acids is 1. The van der Waals surface area contributed by atoms with Gasteiger partial charge in [0.25, 0.3) is 0 Å². The van der Waals surface area contributed by atoms with Gasteiger partial charge in [0.05, 0.1) is 6.10 Å². The molecule has 0 saturated heterocycles. The van der Waals surface area contributed by atoms with Gasteiger partial charge in [0.2, 0.25) is 5.91 Å². The summed E-state index contributed by atoms with van der Waals surface area (Å²) in [5, 5.41) is 10.8. The first-order valence-electron chi connectivity index (χ1n) is 7.90. The van der Waals surface area contributed by atoms with E-state index in [1.165, 1.54) is 16.5 Å². The predicted octanol–water partition coefficient (Wildman–Crippen LogP) is 2.73. The van der Waals surface area contributed by atoms with Crippen LogP contribution in [0.15, 0.2) is 30.5 Å². The number of benzene rings is 1. The molecule has 0 bridgehead atoms. The van der Waals surface area contributed by atoms with Crippen LogP contribution in [0.25, 0.3) is 10.9 Å². The van der Waals surface area contributed by atoms with E-state index < -0.39 is 6.10 Å². The summed E-state index contributed by atoms with van der Waals surface area (Å²) in [6, 6.07) is 8.36. The first-order valence-corrected chi connectivity index (χ1v) is 7.90. The third-order valence-corrected chi connectivity index (χ3v) is 3.99. The van der Waals surface area contributed by atoms with Crippen LogP contribution in [-0.4, -0.2) is 39.2 Å². The number of fused-ring (bicyclic) bond motifs is 1. The van der Waals surface area contributed by atoms with E-state index in [1.807, 2.05) is 33.0 Å². The molecule has 1 heterocycles. The minimum atomic E-state index is -0.496. The van der Waals surface area contributed by atoms with Crippen molar-refractivity contribution in [2.45, 2.75) is 45.8 Å². The van der Waals surface area contributed by atoms with Crippen LogP contribution < -0.4 is 0 Å². The van der Waals surface area contributed by atoms with Crippen molar-refractivity contribution in [1.82, 2.24) is 9.47 Å². The fraction of sp³-hybridized carbons (Fsp3) is 0.500. The Hall–Kier alpha value is -1.81. The Morgan fingerprint density at radius 3 is 2.59 bits per heavy atom. The van der Waals surface area contributed by atoms with Crippen LogP contribution in [0.1, 0.15) is 32.8 Å². The summed E-state index contributed by atoms with van der Waals surface area (Å²) in [6.07, 6.45) is 2.80. The van der Waals surface area contributed by atoms with E-state index in [1.54, 1.807) is 11.8 Å². The molecule has 2 aromatic rings. The van der Waals surface area contributed by atoms with Crippen molar-refractivity contribution >= 4 is 16.8 Å². The molecule has 4 heteroatoms. The maximum Gasteiger partial charge on any atom is 0.223 e. The second-order valence-electron chi connectivity index (χ2n) is 6.27. The number of hydrogen-bond donors (Lipinski definition) is 1. The molecule has 1 N–H and O–H groups in total. The zero-order valence-electron chi connectivity index (χ0n) is 13.9. The number of aliphatic hydroxyl groups excluding tert-OH is 1. The molecule has 0 aliphatic heterocycles. The molecular formula is C18H26N2O2. The van der Waals surface area contributed by atoms with Gasteiger partial charge in [-0.25, -0.2) is 0 Å². The molecule has 0 radical (unpaired) electrons. The molecule has 0 saturated carbocycles. The van der Waals surface area contributed by atoms with Gasteiger partial charge in [-0.05, 0) is 38.8 Å². The first-order chi connectivity index (χ1) is 10.4. The summed E-state index contributed by atoms with van der Waals surface area (Å²) < 4.78 is 2.10. The number of hydrogen-bond acceptors (Lipinski definition) is 2. The molecule has 0 fully saturated rings. The molecule has 1 amide bonds. The summed E-state index contributed by atoms with van der Waals surface area (Å²) in [5.41, 5.74) is 2.39. The Morgan fingerprint density at radius 1 is 1.27 bits per heavy atom. The molecule has 22 heavy (non-hydrogen) atoms. The smallest absolute Gasteiger partial charge is 0.223 e. The van der Waals surface area contributed by atoms with E-state index in [9.17, 15) is 9.90 Å². The maximum absolute atomic E-state index is 12.4. The van der Waals surface area contributed by atoms with E-state index in [-0.39, 0.29) is 11.9 Å². The third kappa shape index (κ3) is 3.69. The van der Waals surface area contributed by atoms with Crippen molar-refractivity contribution in [2.75, 3.05) is 6.54 Å². The van der Waals surface area contributed by atoms with Crippen LogP contribution in [0.2, 0.25) is 0 Å². The van der Waals surface area contributed by atoms with Gasteiger partial charge in [-0.1, -0.05) is 18.2 Å². The van der Waals surface area contributed by atoms with E-state index in [2.05, 4.69) is 22.9 Å². The highest BCUT2D eigenvalue weighted by Gasteiger charge is 2.19. The molecule has 1 aromatic carbocycles. The SMILES string of the molecule is CC(O)CN(C(=O)CCc1cn(C)c2ccccc12)C(C)C. The van der Waals surface area contributed by atoms with Crippen LogP contribution >= 0.6 is 0 Å². The lowest BCUT2D eigenvalue weighted by atomic mass is 10.1. The molecule has 2 rings (SSSR count). The number of amides is 1. The van der Waals surface area contributed by atoms with Crippen molar-refractivity contribution < 1.29 is 9.90 Å². The lowest BCUT2D eigenvalue weighted by Crippen LogP contribution is -2.41. The number of aromatic nitrogens is 1. The van der Waals surface area contributed by atoms with Crippen molar-refractivity contribution in [3.63, 3.8) is 0 Å². The molecular weight excluding hydrogens is 276 g/mol. The van der Waals surface area contributed by atoms with Gasteiger partial charge in [-0.3, -0.25) is 4.79 Å². The van der Waals surface area contributed by atoms with Gasteiger partial charge < -0.3 is 14.6 Å². The van der Waals surface area contributed by atoms with E-state index in [4.69, 9.17) is 0 Å². The Morgan fingerprint density at radius 2 is 1.95 bits per heavy atom. The van der Waals surface area contributed by atoms with E-state index >= 15 is 0 Å². The Labute approximate surface area is 132 Å². The highest BCUT2D eigenvalue weighted by atomic mass is 16.3. The summed E-state index contributed by atoms with van der Waals surface area (Å²) in [5.74, 6) is 0.101. The number of nitrogens with zero attached hydrogens (tertiary/aromatic N) is 2. The molecule has 0 aliphatic carbocycles. The number of aryl methyl sites for hydroxylation is 2. The molecule has 1 unspecified atom stereocenters. The molecule has 0 spiro atoms. The summed E-state index contributed by atoms with van der Waals surface area (Å²) >= 11 is 0. The average molecular weight is 302 g/mol. The second-order valence-corrected chi connectivity index (χ2v) is 6.27. The molecule has 1 aromatic heterocycles. The zero-order chi connectivity index (χ0) is 16.3. The largest absolute Gasteiger partial charge is 0.392 e. The fourth-order valence-electron chi connectivity index (χ4n) is 2.90. The average Bonchev–Trinajstić information content (AvgIpc) is 2.79. The third-order valence-electron chi connectivity index (χ3n) is 3.99. The van der Waals surface area contributed by atoms with Crippen LogP contribution in [0, 0.1) is 0 Å². The summed E-state index contributed by atoms with van der Waals surface area (Å²) in [6.45, 7) is 6.08. The molecule has 4 nitrogen and oxygen atoms in total. The van der Waals surface area contributed by atoms with Gasteiger partial charge in [0.1, 0.15) is 0 Å². The van der Waals surface area contributed by atoms with Gasteiger partial charge in [0, 0.05) is 43.2 Å². The van der Waals surface area contributed by atoms with Gasteiger partial charge in [-0.15, -0.1) is 0 Å². The number of aliphatic hydroxyl groups is 1. The monoisotopic (exact) mass is 302 g/mol. The highest BCUT2D eigenvalue weighted by Crippen LogP contribution is 2.21. The maximum atomic E-state index is 12.4. The van der Waals surface area contributed by atoms with E-state index in [0.717, 1.165) is 6.42 Å². The van der Waals surface area contributed by atoms with Crippen molar-refractivity contribution in [3.05, 3.63) is 36.0 Å². The predicted molar refractivity (Wildman–Crippen MR) is 89.8 cm³/mol. The van der Waals surface area contributed by atoms with Gasteiger partial charge in [0.15, 0.2) is 0 Å². The zero-order valence-corrected chi connectivity index (χ0v) is 13.9. The normalized spacial score (nSPS) is 12.8. The number of carbonyl (C=O) groups is 1. The Balaban J connectivity index is 2.09. The minimum Gasteiger partial charge on any atom is -0.392 e. The van der Waals surface area contributed by atoms with Crippen molar-refractivity contribution in [2.24, 2.45) is 7.05 Å². The van der Waals surface area contributed by atoms with Crippen LogP contribution in [-0.2, 0) is 18.3 Å². The first kappa shape index (κ1) is 16.6. The number of rotatable bonds is 6. The highest BCUT2D eigenvalue weighted by molar-refractivity contribution is 5.85. The van der Waals surface area contributed by atoms with Crippen molar-refractivity contribution in [1.29, 1.82) is 0 Å². The Kier molecular flexibility index (Phi) is 5.24. The lowest BCUT2D eigenvalue weighted by Gasteiger charge is -2.28. The van der Waals surface area contributed by atoms with Gasteiger partial charge >= 0.3 is 0 Å². The topological polar surface area (TPSA) is 45.5 Å². The molecule has 120 valence electrons. The summed E-state index contributed by atoms with van der Waals surface area (Å²) in [7, 11) is 2.03. The lowest BCUT2D eigenvalue weighted by molar-refractivity contribution is -0.134. The van der Waals surface area contributed by atoms with E-state index in [0.29, 0.717) is 13.0 Å². The second kappa shape index (κ2) is 6.97. The quantitative estimate of drug-likeness (QED) is 0.892. The van der Waals surface area contributed by atoms with Gasteiger partial charge in [-0.2, -0.15) is 0 Å². The fourth-order valence-corrected chi connectivity index (χ4v) is 2.90. The number of para-hydroxylation sites is 1. The molecule has 0 aliphatic rings.